The topological polar surface area (TPSA) is 55.5 Å². The lowest BCUT2D eigenvalue weighted by Crippen LogP contribution is -2.63. The monoisotopic (exact) mass is 313 g/mol. The number of likely N-dealkylation sites (N-methyl/N-ethyl adjacent to an activating group) is 1. The summed E-state index contributed by atoms with van der Waals surface area (Å²) in [4.78, 5) is 27.0. The Morgan fingerprint density at radius 2 is 1.96 bits per heavy atom. The van der Waals surface area contributed by atoms with E-state index in [-0.39, 0.29) is 5.91 Å². The van der Waals surface area contributed by atoms with Crippen molar-refractivity contribution in [3.8, 4) is 0 Å². The van der Waals surface area contributed by atoms with Crippen molar-refractivity contribution in [3.63, 3.8) is 0 Å². The van der Waals surface area contributed by atoms with E-state index in [9.17, 15) is 4.79 Å². The summed E-state index contributed by atoms with van der Waals surface area (Å²) in [6, 6.07) is 6.25. The zero-order valence-corrected chi connectivity index (χ0v) is 13.7. The van der Waals surface area contributed by atoms with E-state index in [1.54, 1.807) is 0 Å². The molecule has 6 heteroatoms. The molecular weight excluding hydrogens is 290 g/mol. The van der Waals surface area contributed by atoms with Crippen LogP contribution in [-0.2, 0) is 0 Å². The molecule has 3 heterocycles. The summed E-state index contributed by atoms with van der Waals surface area (Å²) in [5.74, 6) is 1.01. The Kier molecular flexibility index (Phi) is 3.58. The van der Waals surface area contributed by atoms with Gasteiger partial charge in [-0.15, -0.1) is 0 Å². The third-order valence-corrected chi connectivity index (χ3v) is 5.05. The number of hydrogen-bond acceptors (Lipinski definition) is 4. The number of aromatic amines is 1. The van der Waals surface area contributed by atoms with E-state index in [4.69, 9.17) is 0 Å². The Hall–Kier alpha value is -1.92. The van der Waals surface area contributed by atoms with Gasteiger partial charge in [-0.05, 0) is 32.2 Å². The van der Waals surface area contributed by atoms with Gasteiger partial charge in [0.1, 0.15) is 5.82 Å². The smallest absolute Gasteiger partial charge is 0.254 e. The Labute approximate surface area is 136 Å². The van der Waals surface area contributed by atoms with Crippen LogP contribution in [0.2, 0.25) is 0 Å². The van der Waals surface area contributed by atoms with Crippen LogP contribution in [0.4, 0.5) is 0 Å². The molecule has 1 aromatic heterocycles. The van der Waals surface area contributed by atoms with Gasteiger partial charge in [0.05, 0.1) is 11.0 Å². The first-order valence-electron chi connectivity index (χ1n) is 8.28. The summed E-state index contributed by atoms with van der Waals surface area (Å²) < 4.78 is 0. The number of H-pyrrole nitrogens is 1. The first-order valence-corrected chi connectivity index (χ1v) is 8.28. The minimum absolute atomic E-state index is 0.129. The first-order chi connectivity index (χ1) is 11.1. The SMILES string of the molecule is Cc1nc2ccc(C(=O)N3CC(N4CCN(C)CC4)C3)cc2[nH]1. The molecule has 1 amide bonds. The normalized spacial score (nSPS) is 20.9. The fourth-order valence-corrected chi connectivity index (χ4v) is 3.49. The number of hydrogen-bond donors (Lipinski definition) is 1. The molecule has 122 valence electrons. The van der Waals surface area contributed by atoms with E-state index < -0.39 is 0 Å². The number of amides is 1. The Bertz CT molecular complexity index is 726. The zero-order valence-electron chi connectivity index (χ0n) is 13.7. The van der Waals surface area contributed by atoms with Gasteiger partial charge in [0.2, 0.25) is 0 Å². The summed E-state index contributed by atoms with van der Waals surface area (Å²) in [5, 5.41) is 0. The predicted octanol–water partition coefficient (Wildman–Crippen LogP) is 0.943. The molecule has 0 spiro atoms. The molecule has 1 N–H and O–H groups in total. The Morgan fingerprint density at radius 1 is 1.22 bits per heavy atom. The van der Waals surface area contributed by atoms with Crippen molar-refractivity contribution in [2.75, 3.05) is 46.3 Å². The fourth-order valence-electron chi connectivity index (χ4n) is 3.49. The maximum atomic E-state index is 12.6. The molecule has 2 aromatic rings. The molecule has 2 fully saturated rings. The van der Waals surface area contributed by atoms with Gasteiger partial charge in [0.15, 0.2) is 0 Å². The van der Waals surface area contributed by atoms with Gasteiger partial charge >= 0.3 is 0 Å². The maximum Gasteiger partial charge on any atom is 0.254 e. The van der Waals surface area contributed by atoms with Crippen molar-refractivity contribution in [1.82, 2.24) is 24.7 Å². The van der Waals surface area contributed by atoms with Gasteiger partial charge in [-0.3, -0.25) is 9.69 Å². The molecule has 2 saturated heterocycles. The van der Waals surface area contributed by atoms with Crippen molar-refractivity contribution in [3.05, 3.63) is 29.6 Å². The highest BCUT2D eigenvalue weighted by molar-refractivity contribution is 5.97. The molecule has 2 aliphatic rings. The predicted molar refractivity (Wildman–Crippen MR) is 89.6 cm³/mol. The lowest BCUT2D eigenvalue weighted by molar-refractivity contribution is 0.0110. The van der Waals surface area contributed by atoms with E-state index in [0.717, 1.165) is 61.7 Å². The van der Waals surface area contributed by atoms with Gasteiger partial charge in [-0.1, -0.05) is 0 Å². The number of rotatable bonds is 2. The van der Waals surface area contributed by atoms with Crippen molar-refractivity contribution in [2.45, 2.75) is 13.0 Å². The number of piperazine rings is 1. The van der Waals surface area contributed by atoms with E-state index >= 15 is 0 Å². The number of fused-ring (bicyclic) bond motifs is 1. The number of benzene rings is 1. The van der Waals surface area contributed by atoms with Gasteiger partial charge in [0, 0.05) is 50.9 Å². The third-order valence-electron chi connectivity index (χ3n) is 5.05. The molecule has 1 aromatic carbocycles. The van der Waals surface area contributed by atoms with Crippen LogP contribution in [0, 0.1) is 6.92 Å². The van der Waals surface area contributed by atoms with Crippen molar-refractivity contribution in [1.29, 1.82) is 0 Å². The van der Waals surface area contributed by atoms with Crippen LogP contribution in [0.3, 0.4) is 0 Å². The second kappa shape index (κ2) is 5.62. The van der Waals surface area contributed by atoms with Gasteiger partial charge < -0.3 is 14.8 Å². The number of carbonyl (C=O) groups is 1. The molecule has 0 atom stereocenters. The van der Waals surface area contributed by atoms with Crippen LogP contribution < -0.4 is 0 Å². The van der Waals surface area contributed by atoms with Gasteiger partial charge in [-0.2, -0.15) is 0 Å². The quantitative estimate of drug-likeness (QED) is 0.897. The number of aromatic nitrogens is 2. The van der Waals surface area contributed by atoms with Gasteiger partial charge in [0.25, 0.3) is 5.91 Å². The number of imidazole rings is 1. The number of likely N-dealkylation sites (tertiary alicyclic amines) is 1. The summed E-state index contributed by atoms with van der Waals surface area (Å²) >= 11 is 0. The molecule has 0 aliphatic carbocycles. The summed E-state index contributed by atoms with van der Waals surface area (Å²) in [5.41, 5.74) is 2.60. The van der Waals surface area contributed by atoms with Crippen LogP contribution in [-0.4, -0.2) is 82.9 Å². The number of nitrogens with zero attached hydrogens (tertiary/aromatic N) is 4. The minimum atomic E-state index is 0.129. The van der Waals surface area contributed by atoms with E-state index in [1.807, 2.05) is 30.0 Å². The average molecular weight is 313 g/mol. The summed E-state index contributed by atoms with van der Waals surface area (Å²) in [7, 11) is 2.17. The van der Waals surface area contributed by atoms with E-state index in [2.05, 4.69) is 26.8 Å². The second-order valence-corrected chi connectivity index (χ2v) is 6.76. The second-order valence-electron chi connectivity index (χ2n) is 6.76. The highest BCUT2D eigenvalue weighted by Crippen LogP contribution is 2.21. The molecule has 23 heavy (non-hydrogen) atoms. The molecule has 0 unspecified atom stereocenters. The van der Waals surface area contributed by atoms with Crippen LogP contribution >= 0.6 is 0 Å². The summed E-state index contributed by atoms with van der Waals surface area (Å²) in [6.45, 7) is 8.11. The molecule has 0 bridgehead atoms. The highest BCUT2D eigenvalue weighted by atomic mass is 16.2. The molecule has 6 nitrogen and oxygen atoms in total. The number of carbonyl (C=O) groups excluding carboxylic acids is 1. The first kappa shape index (κ1) is 14.7. The van der Waals surface area contributed by atoms with Gasteiger partial charge in [-0.25, -0.2) is 4.98 Å². The molecule has 2 aliphatic heterocycles. The molecule has 0 saturated carbocycles. The Morgan fingerprint density at radius 3 is 2.70 bits per heavy atom. The van der Waals surface area contributed by atoms with E-state index in [1.165, 1.54) is 0 Å². The van der Waals surface area contributed by atoms with Crippen molar-refractivity contribution < 1.29 is 4.79 Å². The van der Waals surface area contributed by atoms with Crippen molar-refractivity contribution >= 4 is 16.9 Å². The van der Waals surface area contributed by atoms with Crippen LogP contribution in [0.15, 0.2) is 18.2 Å². The maximum absolute atomic E-state index is 12.6. The number of aryl methyl sites for hydroxylation is 1. The van der Waals surface area contributed by atoms with Crippen LogP contribution in [0.1, 0.15) is 16.2 Å². The zero-order chi connectivity index (χ0) is 16.0. The van der Waals surface area contributed by atoms with Crippen LogP contribution in [0.25, 0.3) is 11.0 Å². The third kappa shape index (κ3) is 2.72. The fraction of sp³-hybridized carbons (Fsp3) is 0.529. The molecular formula is C17H23N5O. The number of nitrogens with one attached hydrogen (secondary N) is 1. The van der Waals surface area contributed by atoms with E-state index in [0.29, 0.717) is 6.04 Å². The highest BCUT2D eigenvalue weighted by Gasteiger charge is 2.36. The standard InChI is InChI=1S/C17H23N5O/c1-12-18-15-4-3-13(9-16(15)19-12)17(23)22-10-14(11-22)21-7-5-20(2)6-8-21/h3-4,9,14H,5-8,10-11H2,1-2H3,(H,18,19). The molecule has 0 radical (unpaired) electrons. The molecule has 4 rings (SSSR count). The summed E-state index contributed by atoms with van der Waals surface area (Å²) in [6.07, 6.45) is 0. The lowest BCUT2D eigenvalue weighted by atomic mass is 10.0. The van der Waals surface area contributed by atoms with Crippen LogP contribution in [0.5, 0.6) is 0 Å². The van der Waals surface area contributed by atoms with Crippen molar-refractivity contribution in [2.24, 2.45) is 0 Å². The minimum Gasteiger partial charge on any atom is -0.342 e. The Balaban J connectivity index is 1.40. The average Bonchev–Trinajstić information content (AvgIpc) is 2.86. The lowest BCUT2D eigenvalue weighted by Gasteiger charge is -2.47. The largest absolute Gasteiger partial charge is 0.342 e.